The van der Waals surface area contributed by atoms with Crippen molar-refractivity contribution in [1.82, 2.24) is 9.55 Å². The van der Waals surface area contributed by atoms with Crippen LogP contribution < -0.4 is 0 Å². The van der Waals surface area contributed by atoms with Gasteiger partial charge in [0.15, 0.2) is 0 Å². The molecule has 0 bridgehead atoms. The van der Waals surface area contributed by atoms with Crippen LogP contribution in [0.15, 0.2) is 34.1 Å². The summed E-state index contributed by atoms with van der Waals surface area (Å²) >= 11 is 11.3. The molecule has 0 unspecified atom stereocenters. The molecule has 0 radical (unpaired) electrons. The van der Waals surface area contributed by atoms with Crippen molar-refractivity contribution in [1.29, 1.82) is 0 Å². The maximum Gasteiger partial charge on any atom is 0.124 e. The predicted octanol–water partition coefficient (Wildman–Crippen LogP) is 5.15. The van der Waals surface area contributed by atoms with E-state index in [1.165, 1.54) is 19.7 Å². The summed E-state index contributed by atoms with van der Waals surface area (Å²) in [5.41, 5.74) is 3.43. The van der Waals surface area contributed by atoms with Crippen LogP contribution in [0.4, 0.5) is 0 Å². The average Bonchev–Trinajstić information content (AvgIpc) is 2.99. The Morgan fingerprint density at radius 2 is 2.15 bits per heavy atom. The zero-order chi connectivity index (χ0) is 14.1. The van der Waals surface area contributed by atoms with Gasteiger partial charge in [-0.1, -0.05) is 6.07 Å². The van der Waals surface area contributed by atoms with E-state index in [-0.39, 0.29) is 0 Å². The molecule has 0 spiro atoms. The fraction of sp³-hybridized carbons (Fsp3) is 0.267. The first-order valence-corrected chi connectivity index (χ1v) is 8.57. The minimum absolute atomic E-state index is 0.446. The summed E-state index contributed by atoms with van der Waals surface area (Å²) in [5, 5.41) is 0. The van der Waals surface area contributed by atoms with Crippen LogP contribution in [-0.2, 0) is 18.8 Å². The average molecular weight is 370 g/mol. The maximum absolute atomic E-state index is 6.04. The highest BCUT2D eigenvalue weighted by Gasteiger charge is 2.10. The highest BCUT2D eigenvalue weighted by molar-refractivity contribution is 9.11. The fourth-order valence-electron chi connectivity index (χ4n) is 2.35. The van der Waals surface area contributed by atoms with Gasteiger partial charge in [0, 0.05) is 11.4 Å². The molecule has 2 nitrogen and oxygen atoms in total. The third-order valence-electron chi connectivity index (χ3n) is 3.31. The number of fused-ring (bicyclic) bond motifs is 1. The second-order valence-electron chi connectivity index (χ2n) is 4.76. The summed E-state index contributed by atoms with van der Waals surface area (Å²) in [6.07, 6.45) is 0.999. The molecule has 0 saturated carbocycles. The molecule has 20 heavy (non-hydrogen) atoms. The third-order valence-corrected chi connectivity index (χ3v) is 5.24. The summed E-state index contributed by atoms with van der Waals surface area (Å²) in [7, 11) is 0. The largest absolute Gasteiger partial charge is 0.327 e. The molecule has 0 atom stereocenters. The number of rotatable bonds is 4. The lowest BCUT2D eigenvalue weighted by molar-refractivity contribution is 0.693. The van der Waals surface area contributed by atoms with Gasteiger partial charge in [-0.25, -0.2) is 4.98 Å². The summed E-state index contributed by atoms with van der Waals surface area (Å²) in [4.78, 5) is 6.00. The molecule has 2 heterocycles. The number of benzene rings is 1. The standard InChI is InChI=1S/C15H14BrClN2S/c1-10-2-4-13-12(8-10)18-15(9-17)19(13)7-6-11-3-5-14(16)20-11/h2-5,8H,6-7,9H2,1H3. The van der Waals surface area contributed by atoms with E-state index < -0.39 is 0 Å². The molecule has 2 aromatic heterocycles. The second-order valence-corrected chi connectivity index (χ2v) is 7.58. The highest BCUT2D eigenvalue weighted by atomic mass is 79.9. The zero-order valence-electron chi connectivity index (χ0n) is 11.1. The van der Waals surface area contributed by atoms with Gasteiger partial charge in [-0.15, -0.1) is 22.9 Å². The lowest BCUT2D eigenvalue weighted by atomic mass is 10.2. The first-order valence-electron chi connectivity index (χ1n) is 6.43. The van der Waals surface area contributed by atoms with Crippen LogP contribution >= 0.6 is 38.9 Å². The van der Waals surface area contributed by atoms with Gasteiger partial charge in [0.05, 0.1) is 20.7 Å². The van der Waals surface area contributed by atoms with E-state index in [9.17, 15) is 0 Å². The van der Waals surface area contributed by atoms with E-state index in [0.717, 1.165) is 24.3 Å². The van der Waals surface area contributed by atoms with Crippen molar-refractivity contribution in [3.63, 3.8) is 0 Å². The molecule has 5 heteroatoms. The van der Waals surface area contributed by atoms with E-state index in [2.05, 4.69) is 62.7 Å². The quantitative estimate of drug-likeness (QED) is 0.581. The van der Waals surface area contributed by atoms with Crippen LogP contribution in [-0.4, -0.2) is 9.55 Å². The predicted molar refractivity (Wildman–Crippen MR) is 89.8 cm³/mol. The molecule has 0 fully saturated rings. The molecular formula is C15H14BrClN2S. The normalized spacial score (nSPS) is 11.3. The van der Waals surface area contributed by atoms with Crippen molar-refractivity contribution in [3.8, 4) is 0 Å². The summed E-state index contributed by atoms with van der Waals surface area (Å²) in [6.45, 7) is 3.00. The van der Waals surface area contributed by atoms with Gasteiger partial charge in [-0.3, -0.25) is 0 Å². The van der Waals surface area contributed by atoms with E-state index in [1.54, 1.807) is 11.3 Å². The lowest BCUT2D eigenvalue weighted by Crippen LogP contribution is -2.04. The Morgan fingerprint density at radius 1 is 1.30 bits per heavy atom. The number of aryl methyl sites for hydroxylation is 3. The number of nitrogens with zero attached hydrogens (tertiary/aromatic N) is 2. The summed E-state index contributed by atoms with van der Waals surface area (Å²) in [6, 6.07) is 10.6. The number of hydrogen-bond donors (Lipinski definition) is 0. The van der Waals surface area contributed by atoms with Gasteiger partial charge in [0.25, 0.3) is 0 Å². The van der Waals surface area contributed by atoms with Gasteiger partial charge in [-0.2, -0.15) is 0 Å². The number of halogens is 2. The van der Waals surface area contributed by atoms with Crippen LogP contribution in [0.2, 0.25) is 0 Å². The zero-order valence-corrected chi connectivity index (χ0v) is 14.2. The molecule has 1 aromatic carbocycles. The van der Waals surface area contributed by atoms with E-state index in [4.69, 9.17) is 11.6 Å². The Morgan fingerprint density at radius 3 is 2.85 bits per heavy atom. The molecule has 0 aliphatic heterocycles. The van der Waals surface area contributed by atoms with Crippen LogP contribution in [0, 0.1) is 6.92 Å². The smallest absolute Gasteiger partial charge is 0.124 e. The highest BCUT2D eigenvalue weighted by Crippen LogP contribution is 2.24. The van der Waals surface area contributed by atoms with Gasteiger partial charge in [-0.05, 0) is 59.1 Å². The Balaban J connectivity index is 1.93. The second kappa shape index (κ2) is 5.88. The molecule has 0 aliphatic rings. The Kier molecular flexibility index (Phi) is 4.15. The SMILES string of the molecule is Cc1ccc2c(c1)nc(CCl)n2CCc1ccc(Br)s1. The third kappa shape index (κ3) is 2.78. The Hall–Kier alpha value is -0.840. The van der Waals surface area contributed by atoms with Crippen LogP contribution in [0.25, 0.3) is 11.0 Å². The van der Waals surface area contributed by atoms with Gasteiger partial charge >= 0.3 is 0 Å². The Bertz CT molecular complexity index is 747. The van der Waals surface area contributed by atoms with Gasteiger partial charge in [0.2, 0.25) is 0 Å². The van der Waals surface area contributed by atoms with Crippen molar-refractivity contribution in [2.24, 2.45) is 0 Å². The van der Waals surface area contributed by atoms with Gasteiger partial charge < -0.3 is 4.57 Å². The minimum Gasteiger partial charge on any atom is -0.327 e. The van der Waals surface area contributed by atoms with E-state index in [0.29, 0.717) is 5.88 Å². The summed E-state index contributed by atoms with van der Waals surface area (Å²) in [5.74, 6) is 1.39. The van der Waals surface area contributed by atoms with Crippen LogP contribution in [0.5, 0.6) is 0 Å². The van der Waals surface area contributed by atoms with Crippen molar-refractivity contribution >= 4 is 49.9 Å². The van der Waals surface area contributed by atoms with Gasteiger partial charge in [0.1, 0.15) is 5.82 Å². The van der Waals surface area contributed by atoms with E-state index >= 15 is 0 Å². The van der Waals surface area contributed by atoms with Crippen molar-refractivity contribution in [3.05, 3.63) is 50.4 Å². The number of aromatic nitrogens is 2. The van der Waals surface area contributed by atoms with E-state index in [1.807, 2.05) is 0 Å². The number of imidazole rings is 1. The monoisotopic (exact) mass is 368 g/mol. The maximum atomic E-state index is 6.04. The fourth-order valence-corrected chi connectivity index (χ4v) is 4.03. The molecule has 3 aromatic rings. The number of thiophene rings is 1. The number of alkyl halides is 1. The Labute approximate surface area is 135 Å². The first kappa shape index (κ1) is 14.1. The molecule has 0 aliphatic carbocycles. The van der Waals surface area contributed by atoms with Crippen molar-refractivity contribution in [2.45, 2.75) is 25.8 Å². The van der Waals surface area contributed by atoms with Crippen LogP contribution in [0.3, 0.4) is 0 Å². The summed E-state index contributed by atoms with van der Waals surface area (Å²) < 4.78 is 3.41. The minimum atomic E-state index is 0.446. The van der Waals surface area contributed by atoms with Crippen molar-refractivity contribution < 1.29 is 0 Å². The van der Waals surface area contributed by atoms with Crippen LogP contribution in [0.1, 0.15) is 16.3 Å². The molecule has 0 saturated heterocycles. The molecule has 0 N–H and O–H groups in total. The molecule has 3 rings (SSSR count). The van der Waals surface area contributed by atoms with Crippen molar-refractivity contribution in [2.75, 3.05) is 0 Å². The lowest BCUT2D eigenvalue weighted by Gasteiger charge is -2.06. The topological polar surface area (TPSA) is 17.8 Å². The molecule has 104 valence electrons. The molecule has 0 amide bonds. The number of hydrogen-bond acceptors (Lipinski definition) is 2. The molecular weight excluding hydrogens is 356 g/mol. The first-order chi connectivity index (χ1) is 9.67.